The van der Waals surface area contributed by atoms with Gasteiger partial charge in [-0.2, -0.15) is 4.31 Å². The van der Waals surface area contributed by atoms with E-state index < -0.39 is 10.0 Å². The Kier molecular flexibility index (Phi) is 9.18. The maximum atomic E-state index is 13.9. The Bertz CT molecular complexity index is 1430. The smallest absolute Gasteiger partial charge is 0.260 e. The van der Waals surface area contributed by atoms with Gasteiger partial charge in [0.15, 0.2) is 5.13 Å². The van der Waals surface area contributed by atoms with Crippen LogP contribution in [-0.4, -0.2) is 94.2 Å². The minimum absolute atomic E-state index is 0.0760. The predicted molar refractivity (Wildman–Crippen MR) is 158 cm³/mol. The van der Waals surface area contributed by atoms with E-state index in [1.807, 2.05) is 13.0 Å². The molecular formula is C29H38N4O5S2. The molecule has 1 amide bonds. The Morgan fingerprint density at radius 3 is 2.58 bits per heavy atom. The molecule has 2 aliphatic rings. The number of likely N-dealkylation sites (N-methyl/N-ethyl adjacent to an activating group) is 1. The molecule has 0 spiro atoms. The van der Waals surface area contributed by atoms with Gasteiger partial charge >= 0.3 is 0 Å². The van der Waals surface area contributed by atoms with Crippen LogP contribution >= 0.6 is 11.3 Å². The molecule has 0 bridgehead atoms. The van der Waals surface area contributed by atoms with Crippen LogP contribution < -0.4 is 4.90 Å². The number of aryl methyl sites for hydroxylation is 2. The van der Waals surface area contributed by atoms with Gasteiger partial charge in [0.1, 0.15) is 0 Å². The summed E-state index contributed by atoms with van der Waals surface area (Å²) in [6.07, 6.45) is 2.53. The third-order valence-electron chi connectivity index (χ3n) is 7.54. The van der Waals surface area contributed by atoms with Gasteiger partial charge in [-0.15, -0.1) is 0 Å². The first-order chi connectivity index (χ1) is 19.2. The molecule has 2 aromatic carbocycles. The lowest BCUT2D eigenvalue weighted by Crippen LogP contribution is -2.39. The molecule has 1 aromatic heterocycles. The van der Waals surface area contributed by atoms with E-state index in [-0.39, 0.29) is 16.9 Å². The number of amides is 1. The fourth-order valence-electron chi connectivity index (χ4n) is 5.32. The van der Waals surface area contributed by atoms with Gasteiger partial charge in [-0.1, -0.05) is 17.4 Å². The number of thiazole rings is 1. The third kappa shape index (κ3) is 6.56. The summed E-state index contributed by atoms with van der Waals surface area (Å²) in [5.74, 6) is -0.188. The molecule has 11 heteroatoms. The largest absolute Gasteiger partial charge is 0.379 e. The number of nitrogens with zero attached hydrogens (tertiary/aromatic N) is 4. The Morgan fingerprint density at radius 2 is 1.88 bits per heavy atom. The average molecular weight is 587 g/mol. The van der Waals surface area contributed by atoms with Gasteiger partial charge in [0.05, 0.1) is 34.4 Å². The first-order valence-corrected chi connectivity index (χ1v) is 16.2. The van der Waals surface area contributed by atoms with Gasteiger partial charge in [-0.3, -0.25) is 14.6 Å². The fourth-order valence-corrected chi connectivity index (χ4v) is 7.56. The van der Waals surface area contributed by atoms with Crippen molar-refractivity contribution in [3.05, 3.63) is 53.1 Å². The fraction of sp³-hybridized carbons (Fsp3) is 0.517. The molecule has 40 heavy (non-hydrogen) atoms. The summed E-state index contributed by atoms with van der Waals surface area (Å²) in [7, 11) is -2.12. The number of sulfonamides is 1. The van der Waals surface area contributed by atoms with Crippen molar-refractivity contribution < 1.29 is 22.7 Å². The van der Waals surface area contributed by atoms with Crippen LogP contribution in [0.2, 0.25) is 0 Å². The number of rotatable bonds is 10. The number of aromatic nitrogens is 1. The van der Waals surface area contributed by atoms with E-state index in [0.717, 1.165) is 73.5 Å². The van der Waals surface area contributed by atoms with Crippen molar-refractivity contribution in [3.8, 4) is 0 Å². The van der Waals surface area contributed by atoms with Crippen LogP contribution in [0.5, 0.6) is 0 Å². The van der Waals surface area contributed by atoms with Crippen LogP contribution in [0.4, 0.5) is 5.13 Å². The van der Waals surface area contributed by atoms with Gasteiger partial charge in [0.2, 0.25) is 10.0 Å². The third-order valence-corrected chi connectivity index (χ3v) is 10.6. The molecule has 3 aromatic rings. The van der Waals surface area contributed by atoms with E-state index in [1.54, 1.807) is 24.1 Å². The monoisotopic (exact) mass is 586 g/mol. The zero-order chi connectivity index (χ0) is 28.3. The quantitative estimate of drug-likeness (QED) is 0.354. The normalized spacial score (nSPS) is 18.6. The van der Waals surface area contributed by atoms with Gasteiger partial charge < -0.3 is 9.47 Å². The van der Waals surface area contributed by atoms with Gasteiger partial charge in [0, 0.05) is 51.9 Å². The zero-order valence-electron chi connectivity index (χ0n) is 23.5. The van der Waals surface area contributed by atoms with Crippen molar-refractivity contribution in [1.82, 2.24) is 14.2 Å². The summed E-state index contributed by atoms with van der Waals surface area (Å²) in [5, 5.41) is 0.656. The second-order valence-electron chi connectivity index (χ2n) is 10.6. The highest BCUT2D eigenvalue weighted by Crippen LogP contribution is 2.33. The highest BCUT2D eigenvalue weighted by Gasteiger charge is 2.27. The molecule has 0 N–H and O–H groups in total. The molecular weight excluding hydrogens is 548 g/mol. The minimum Gasteiger partial charge on any atom is -0.379 e. The first-order valence-electron chi connectivity index (χ1n) is 13.9. The van der Waals surface area contributed by atoms with Gasteiger partial charge in [-0.25, -0.2) is 13.4 Å². The van der Waals surface area contributed by atoms with Crippen LogP contribution in [0.15, 0.2) is 41.3 Å². The number of hydrogen-bond acceptors (Lipinski definition) is 8. The highest BCUT2D eigenvalue weighted by molar-refractivity contribution is 7.89. The Balaban J connectivity index is 1.36. The lowest BCUT2D eigenvalue weighted by atomic mass is 10.1. The van der Waals surface area contributed by atoms with E-state index in [1.165, 1.54) is 27.8 Å². The van der Waals surface area contributed by atoms with E-state index in [0.29, 0.717) is 30.4 Å². The molecule has 1 atom stereocenters. The van der Waals surface area contributed by atoms with Crippen LogP contribution in [0.1, 0.15) is 40.7 Å². The lowest BCUT2D eigenvalue weighted by molar-refractivity contribution is 0.0376. The average Bonchev–Trinajstić information content (AvgIpc) is 3.61. The molecule has 2 fully saturated rings. The van der Waals surface area contributed by atoms with Crippen molar-refractivity contribution in [1.29, 1.82) is 0 Å². The molecule has 1 unspecified atom stereocenters. The number of anilines is 1. The van der Waals surface area contributed by atoms with Crippen LogP contribution in [0, 0.1) is 13.8 Å². The van der Waals surface area contributed by atoms with Crippen molar-refractivity contribution in [2.24, 2.45) is 0 Å². The number of morpholine rings is 1. The van der Waals surface area contributed by atoms with Crippen LogP contribution in [-0.2, 0) is 19.5 Å². The van der Waals surface area contributed by atoms with Gasteiger partial charge in [0.25, 0.3) is 5.91 Å². The van der Waals surface area contributed by atoms with Crippen molar-refractivity contribution >= 4 is 42.6 Å². The SMILES string of the molecule is Cc1cc(C)c2sc(N(CCCN3CCOCC3)C(=O)c3ccc(S(=O)(=O)N(C)CC4CCCO4)cc3)nc2c1. The topological polar surface area (TPSA) is 92.3 Å². The molecule has 0 radical (unpaired) electrons. The molecule has 2 aliphatic heterocycles. The van der Waals surface area contributed by atoms with Crippen molar-refractivity contribution in [2.45, 2.75) is 44.1 Å². The second-order valence-corrected chi connectivity index (χ2v) is 13.7. The second kappa shape index (κ2) is 12.6. The number of carbonyl (C=O) groups excluding carboxylic acids is 1. The molecule has 9 nitrogen and oxygen atoms in total. The molecule has 3 heterocycles. The summed E-state index contributed by atoms with van der Waals surface area (Å²) in [4.78, 5) is 23.0. The maximum Gasteiger partial charge on any atom is 0.260 e. The zero-order valence-corrected chi connectivity index (χ0v) is 25.1. The molecule has 0 saturated carbocycles. The number of carbonyl (C=O) groups is 1. The predicted octanol–water partition coefficient (Wildman–Crippen LogP) is 4.08. The Labute approximate surface area is 240 Å². The highest BCUT2D eigenvalue weighted by atomic mass is 32.2. The summed E-state index contributed by atoms with van der Waals surface area (Å²) in [6.45, 7) is 9.73. The summed E-state index contributed by atoms with van der Waals surface area (Å²) in [6, 6.07) is 10.4. The van der Waals surface area contributed by atoms with Crippen LogP contribution in [0.3, 0.4) is 0 Å². The van der Waals surface area contributed by atoms with E-state index in [4.69, 9.17) is 14.5 Å². The number of ether oxygens (including phenoxy) is 2. The standard InChI is InChI=1S/C29H38N4O5S2/c1-21-18-22(2)27-26(19-21)30-29(39-27)33(12-5-11-32-13-16-37-17-14-32)28(34)23-7-9-25(10-8-23)40(35,36)31(3)20-24-6-4-15-38-24/h7-10,18-19,24H,4-6,11-17,20H2,1-3H3. The number of benzene rings is 2. The molecule has 2 saturated heterocycles. The molecule has 0 aliphatic carbocycles. The van der Waals surface area contributed by atoms with E-state index in [2.05, 4.69) is 17.9 Å². The van der Waals surface area contributed by atoms with Crippen molar-refractivity contribution in [3.63, 3.8) is 0 Å². The summed E-state index contributed by atoms with van der Waals surface area (Å²) < 4.78 is 39.8. The van der Waals surface area contributed by atoms with Crippen molar-refractivity contribution in [2.75, 3.05) is 64.5 Å². The minimum atomic E-state index is -3.69. The van der Waals surface area contributed by atoms with Gasteiger partial charge in [-0.05, 0) is 74.6 Å². The van der Waals surface area contributed by atoms with E-state index >= 15 is 0 Å². The van der Waals surface area contributed by atoms with E-state index in [9.17, 15) is 13.2 Å². The Morgan fingerprint density at radius 1 is 1.12 bits per heavy atom. The molecule has 216 valence electrons. The summed E-state index contributed by atoms with van der Waals surface area (Å²) >= 11 is 1.52. The summed E-state index contributed by atoms with van der Waals surface area (Å²) in [5.41, 5.74) is 3.59. The molecule has 5 rings (SSSR count). The lowest BCUT2D eigenvalue weighted by Gasteiger charge is -2.27. The Hall–Kier alpha value is -2.41. The maximum absolute atomic E-state index is 13.9. The number of hydrogen-bond donors (Lipinski definition) is 0. The van der Waals surface area contributed by atoms with Crippen LogP contribution in [0.25, 0.3) is 10.2 Å². The number of fused-ring (bicyclic) bond motifs is 1. The first kappa shape index (κ1) is 29.1.